The monoisotopic (exact) mass is 254 g/mol. The number of nitrogens with one attached hydrogen (secondary N) is 2. The van der Waals surface area contributed by atoms with Crippen molar-refractivity contribution >= 4 is 0 Å². The molecule has 0 saturated carbocycles. The first-order valence-corrected chi connectivity index (χ1v) is 6.57. The van der Waals surface area contributed by atoms with Crippen molar-refractivity contribution in [3.8, 4) is 5.75 Å². The van der Waals surface area contributed by atoms with E-state index in [0.29, 0.717) is 12.1 Å². The van der Waals surface area contributed by atoms with E-state index in [1.165, 1.54) is 11.1 Å². The second-order valence-corrected chi connectivity index (χ2v) is 4.82. The van der Waals surface area contributed by atoms with Gasteiger partial charge in [-0.05, 0) is 29.7 Å². The molecule has 0 radical (unpaired) electrons. The minimum absolute atomic E-state index is 0.320. The van der Waals surface area contributed by atoms with Crippen LogP contribution >= 0.6 is 0 Å². The number of hydrogen-bond donors (Lipinski definition) is 2. The molecule has 3 rings (SSSR count). The molecule has 19 heavy (non-hydrogen) atoms. The normalized spacial score (nSPS) is 22.4. The van der Waals surface area contributed by atoms with Gasteiger partial charge < -0.3 is 4.74 Å². The molecule has 2 N–H and O–H groups in total. The molecule has 0 bridgehead atoms. The Bertz CT molecular complexity index is 541. The predicted octanol–water partition coefficient (Wildman–Crippen LogP) is 2.98. The topological polar surface area (TPSA) is 33.3 Å². The van der Waals surface area contributed by atoms with E-state index in [9.17, 15) is 0 Å². The van der Waals surface area contributed by atoms with E-state index in [1.807, 2.05) is 18.2 Å². The van der Waals surface area contributed by atoms with Gasteiger partial charge >= 0.3 is 0 Å². The van der Waals surface area contributed by atoms with Crippen LogP contribution < -0.4 is 15.6 Å². The highest BCUT2D eigenvalue weighted by Gasteiger charge is 2.25. The Morgan fingerprint density at radius 3 is 2.32 bits per heavy atom. The second kappa shape index (κ2) is 5.43. The third-order valence-electron chi connectivity index (χ3n) is 3.60. The standard InChI is InChI=1S/C16H18N2O/c1-19-14-9-5-8-13(10-14)16-11-15(17-18-16)12-6-3-2-4-7-12/h2-10,15-18H,11H2,1H3. The van der Waals surface area contributed by atoms with Gasteiger partial charge in [-0.2, -0.15) is 0 Å². The molecule has 1 aliphatic rings. The van der Waals surface area contributed by atoms with Gasteiger partial charge in [0.15, 0.2) is 0 Å². The number of rotatable bonds is 3. The average Bonchev–Trinajstić information content (AvgIpc) is 2.98. The smallest absolute Gasteiger partial charge is 0.119 e. The van der Waals surface area contributed by atoms with Crippen LogP contribution in [0.4, 0.5) is 0 Å². The number of methoxy groups -OCH3 is 1. The van der Waals surface area contributed by atoms with Crippen LogP contribution in [0.2, 0.25) is 0 Å². The summed E-state index contributed by atoms with van der Waals surface area (Å²) < 4.78 is 5.28. The van der Waals surface area contributed by atoms with Crippen molar-refractivity contribution in [3.63, 3.8) is 0 Å². The summed E-state index contributed by atoms with van der Waals surface area (Å²) >= 11 is 0. The fourth-order valence-electron chi connectivity index (χ4n) is 2.54. The first-order valence-electron chi connectivity index (χ1n) is 6.57. The lowest BCUT2D eigenvalue weighted by Crippen LogP contribution is -2.26. The number of ether oxygens (including phenoxy) is 1. The molecule has 1 aliphatic heterocycles. The van der Waals surface area contributed by atoms with Gasteiger partial charge in [-0.3, -0.25) is 0 Å². The molecule has 0 spiro atoms. The molecule has 1 fully saturated rings. The summed E-state index contributed by atoms with van der Waals surface area (Å²) in [4.78, 5) is 0. The quantitative estimate of drug-likeness (QED) is 0.883. The SMILES string of the molecule is COc1cccc(C2CC(c3ccccc3)NN2)c1. The molecule has 2 aromatic carbocycles. The highest BCUT2D eigenvalue weighted by Crippen LogP contribution is 2.31. The average molecular weight is 254 g/mol. The van der Waals surface area contributed by atoms with Crippen LogP contribution in [0, 0.1) is 0 Å². The lowest BCUT2D eigenvalue weighted by Gasteiger charge is -2.11. The van der Waals surface area contributed by atoms with Gasteiger partial charge in [-0.25, -0.2) is 10.9 Å². The van der Waals surface area contributed by atoms with Gasteiger partial charge in [0.2, 0.25) is 0 Å². The fraction of sp³-hybridized carbons (Fsp3) is 0.250. The first kappa shape index (κ1) is 12.2. The second-order valence-electron chi connectivity index (χ2n) is 4.82. The lowest BCUT2D eigenvalue weighted by atomic mass is 9.98. The van der Waals surface area contributed by atoms with E-state index < -0.39 is 0 Å². The van der Waals surface area contributed by atoms with Crippen LogP contribution in [-0.4, -0.2) is 7.11 Å². The van der Waals surface area contributed by atoms with Crippen molar-refractivity contribution in [1.29, 1.82) is 0 Å². The van der Waals surface area contributed by atoms with Crippen molar-refractivity contribution in [2.45, 2.75) is 18.5 Å². The van der Waals surface area contributed by atoms with Gasteiger partial charge in [0.25, 0.3) is 0 Å². The van der Waals surface area contributed by atoms with Crippen molar-refractivity contribution in [1.82, 2.24) is 10.9 Å². The largest absolute Gasteiger partial charge is 0.497 e. The van der Waals surface area contributed by atoms with Crippen molar-refractivity contribution < 1.29 is 4.74 Å². The Morgan fingerprint density at radius 1 is 0.895 bits per heavy atom. The zero-order valence-corrected chi connectivity index (χ0v) is 11.0. The maximum atomic E-state index is 5.28. The number of benzene rings is 2. The van der Waals surface area contributed by atoms with Crippen LogP contribution in [0.25, 0.3) is 0 Å². The zero-order chi connectivity index (χ0) is 13.1. The Balaban J connectivity index is 1.75. The molecule has 98 valence electrons. The van der Waals surface area contributed by atoms with Crippen LogP contribution in [0.15, 0.2) is 54.6 Å². The number of hydrazine groups is 1. The van der Waals surface area contributed by atoms with E-state index in [0.717, 1.165) is 12.2 Å². The Labute approximate surface area is 113 Å². The van der Waals surface area contributed by atoms with Gasteiger partial charge in [0, 0.05) is 12.1 Å². The summed E-state index contributed by atoms with van der Waals surface area (Å²) in [5, 5.41) is 0. The maximum Gasteiger partial charge on any atom is 0.119 e. The maximum absolute atomic E-state index is 5.28. The molecule has 2 unspecified atom stereocenters. The van der Waals surface area contributed by atoms with Crippen molar-refractivity contribution in [2.24, 2.45) is 0 Å². The summed E-state index contributed by atoms with van der Waals surface area (Å²) in [6.07, 6.45) is 1.04. The Hall–Kier alpha value is -1.84. The molecule has 3 heteroatoms. The van der Waals surface area contributed by atoms with E-state index in [-0.39, 0.29) is 0 Å². The van der Waals surface area contributed by atoms with E-state index in [2.05, 4.69) is 47.2 Å². The van der Waals surface area contributed by atoms with Crippen molar-refractivity contribution in [2.75, 3.05) is 7.11 Å². The third kappa shape index (κ3) is 2.62. The van der Waals surface area contributed by atoms with Gasteiger partial charge in [0.1, 0.15) is 5.75 Å². The van der Waals surface area contributed by atoms with E-state index >= 15 is 0 Å². The molecular formula is C16H18N2O. The molecule has 2 aromatic rings. The molecule has 0 amide bonds. The molecule has 1 saturated heterocycles. The van der Waals surface area contributed by atoms with Crippen LogP contribution in [0.5, 0.6) is 5.75 Å². The summed E-state index contributed by atoms with van der Waals surface area (Å²) in [6, 6.07) is 19.4. The number of hydrogen-bond acceptors (Lipinski definition) is 3. The molecule has 0 aromatic heterocycles. The molecule has 2 atom stereocenters. The minimum Gasteiger partial charge on any atom is -0.497 e. The zero-order valence-electron chi connectivity index (χ0n) is 11.0. The summed E-state index contributed by atoms with van der Waals surface area (Å²) in [7, 11) is 1.70. The predicted molar refractivity (Wildman–Crippen MR) is 75.8 cm³/mol. The van der Waals surface area contributed by atoms with Gasteiger partial charge in [-0.15, -0.1) is 0 Å². The van der Waals surface area contributed by atoms with Gasteiger partial charge in [-0.1, -0.05) is 42.5 Å². The third-order valence-corrected chi connectivity index (χ3v) is 3.60. The molecule has 0 aliphatic carbocycles. The minimum atomic E-state index is 0.320. The van der Waals surface area contributed by atoms with E-state index in [4.69, 9.17) is 4.74 Å². The van der Waals surface area contributed by atoms with Gasteiger partial charge in [0.05, 0.1) is 7.11 Å². The molecular weight excluding hydrogens is 236 g/mol. The summed E-state index contributed by atoms with van der Waals surface area (Å²) in [6.45, 7) is 0. The van der Waals surface area contributed by atoms with Crippen LogP contribution in [0.3, 0.4) is 0 Å². The Kier molecular flexibility index (Phi) is 3.49. The van der Waals surface area contributed by atoms with Crippen LogP contribution in [0.1, 0.15) is 29.6 Å². The van der Waals surface area contributed by atoms with Crippen molar-refractivity contribution in [3.05, 3.63) is 65.7 Å². The molecule has 1 heterocycles. The highest BCUT2D eigenvalue weighted by atomic mass is 16.5. The lowest BCUT2D eigenvalue weighted by molar-refractivity contribution is 0.413. The Morgan fingerprint density at radius 2 is 1.58 bits per heavy atom. The van der Waals surface area contributed by atoms with E-state index in [1.54, 1.807) is 7.11 Å². The fourth-order valence-corrected chi connectivity index (χ4v) is 2.54. The molecule has 3 nitrogen and oxygen atoms in total. The van der Waals surface area contributed by atoms with Crippen LogP contribution in [-0.2, 0) is 0 Å². The summed E-state index contributed by atoms with van der Waals surface area (Å²) in [5.41, 5.74) is 9.31. The summed E-state index contributed by atoms with van der Waals surface area (Å²) in [5.74, 6) is 0.905. The highest BCUT2D eigenvalue weighted by molar-refractivity contribution is 5.32. The first-order chi connectivity index (χ1) is 9.36.